The topological polar surface area (TPSA) is 33.5 Å². The van der Waals surface area contributed by atoms with Crippen LogP contribution in [0.4, 0.5) is 0 Å². The maximum Gasteiger partial charge on any atom is 0.290 e. The Balaban J connectivity index is 1.89. The minimum atomic E-state index is -0.133. The van der Waals surface area contributed by atoms with E-state index in [-0.39, 0.29) is 16.7 Å². The van der Waals surface area contributed by atoms with Crippen LogP contribution in [0.2, 0.25) is 0 Å². The quantitative estimate of drug-likeness (QED) is 0.503. The molecule has 0 saturated carbocycles. The number of carbonyl (C=O) groups is 1. The van der Waals surface area contributed by atoms with Crippen molar-refractivity contribution >= 4 is 5.91 Å². The van der Waals surface area contributed by atoms with Crippen molar-refractivity contribution in [1.82, 2.24) is 4.90 Å². The number of hydrogen-bond donors (Lipinski definition) is 0. The first-order valence-corrected chi connectivity index (χ1v) is 10.8. The van der Waals surface area contributed by atoms with Gasteiger partial charge >= 0.3 is 0 Å². The molecule has 0 spiro atoms. The number of amides is 1. The summed E-state index contributed by atoms with van der Waals surface area (Å²) in [6.07, 6.45) is 6.51. The molecule has 0 N–H and O–H groups in total. The fraction of sp³-hybridized carbons (Fsp3) is 0.444. The van der Waals surface area contributed by atoms with E-state index >= 15 is 0 Å². The molecule has 1 heterocycles. The fourth-order valence-corrected chi connectivity index (χ4v) is 4.44. The first kappa shape index (κ1) is 22.1. The summed E-state index contributed by atoms with van der Waals surface area (Å²) in [6.45, 7) is 20.0. The standard InChI is InChI=1S/C27H35NO2/c1-8-14-28(15-9-2)25(29)24-11-10-21(30-24)17-20-18-23-22(16-19(20)3)26(4,5)12-13-27(23,6)7/h8-11,16,18H,1-2,12-15,17H2,3-7H3. The number of furan rings is 1. The van der Waals surface area contributed by atoms with E-state index in [0.29, 0.717) is 25.3 Å². The smallest absolute Gasteiger partial charge is 0.290 e. The van der Waals surface area contributed by atoms with E-state index in [4.69, 9.17) is 4.42 Å². The van der Waals surface area contributed by atoms with Gasteiger partial charge in [0.05, 0.1) is 0 Å². The molecule has 3 rings (SSSR count). The summed E-state index contributed by atoms with van der Waals surface area (Å²) in [7, 11) is 0. The van der Waals surface area contributed by atoms with Crippen molar-refractivity contribution in [3.63, 3.8) is 0 Å². The summed E-state index contributed by atoms with van der Waals surface area (Å²) in [5, 5.41) is 0. The van der Waals surface area contributed by atoms with Crippen LogP contribution < -0.4 is 0 Å². The third-order valence-electron chi connectivity index (χ3n) is 6.53. The molecule has 1 amide bonds. The number of hydrogen-bond acceptors (Lipinski definition) is 2. The maximum absolute atomic E-state index is 12.7. The lowest BCUT2D eigenvalue weighted by Gasteiger charge is -2.42. The lowest BCUT2D eigenvalue weighted by atomic mass is 9.62. The van der Waals surface area contributed by atoms with Crippen LogP contribution in [0.1, 0.15) is 79.1 Å². The highest BCUT2D eigenvalue weighted by molar-refractivity contribution is 5.91. The van der Waals surface area contributed by atoms with E-state index in [0.717, 1.165) is 5.76 Å². The molecule has 160 valence electrons. The average Bonchev–Trinajstić information content (AvgIpc) is 3.14. The van der Waals surface area contributed by atoms with E-state index in [2.05, 4.69) is 59.9 Å². The fourth-order valence-electron chi connectivity index (χ4n) is 4.44. The number of fused-ring (bicyclic) bond motifs is 1. The van der Waals surface area contributed by atoms with Gasteiger partial charge in [-0.15, -0.1) is 13.2 Å². The zero-order chi connectivity index (χ0) is 22.1. The molecule has 3 heteroatoms. The molecule has 0 unspecified atom stereocenters. The Kier molecular flexibility index (Phi) is 6.12. The summed E-state index contributed by atoms with van der Waals surface area (Å²) in [5.74, 6) is 1.04. The van der Waals surface area contributed by atoms with Gasteiger partial charge in [-0.05, 0) is 65.0 Å². The van der Waals surface area contributed by atoms with Crippen molar-refractivity contribution in [3.05, 3.63) is 83.3 Å². The van der Waals surface area contributed by atoms with Crippen LogP contribution in [0, 0.1) is 6.92 Å². The minimum Gasteiger partial charge on any atom is -0.456 e. The van der Waals surface area contributed by atoms with Crippen molar-refractivity contribution in [1.29, 1.82) is 0 Å². The first-order chi connectivity index (χ1) is 14.1. The predicted molar refractivity (Wildman–Crippen MR) is 124 cm³/mol. The Morgan fingerprint density at radius 1 is 1.03 bits per heavy atom. The molecule has 1 aromatic heterocycles. The number of aryl methyl sites for hydroxylation is 1. The second-order valence-electron chi connectivity index (χ2n) is 9.82. The molecule has 0 atom stereocenters. The van der Waals surface area contributed by atoms with E-state index in [1.807, 2.05) is 6.07 Å². The molecular formula is C27H35NO2. The average molecular weight is 406 g/mol. The van der Waals surface area contributed by atoms with Gasteiger partial charge in [-0.2, -0.15) is 0 Å². The van der Waals surface area contributed by atoms with Crippen LogP contribution >= 0.6 is 0 Å². The van der Waals surface area contributed by atoms with Crippen LogP contribution in [0.25, 0.3) is 0 Å². The zero-order valence-electron chi connectivity index (χ0n) is 19.2. The highest BCUT2D eigenvalue weighted by atomic mass is 16.4. The van der Waals surface area contributed by atoms with Gasteiger partial charge in [-0.3, -0.25) is 4.79 Å². The molecule has 1 aliphatic carbocycles. The second-order valence-corrected chi connectivity index (χ2v) is 9.82. The molecule has 30 heavy (non-hydrogen) atoms. The summed E-state index contributed by atoms with van der Waals surface area (Å²) in [5.41, 5.74) is 5.85. The van der Waals surface area contributed by atoms with Gasteiger partial charge in [-0.1, -0.05) is 52.0 Å². The molecule has 0 saturated heterocycles. The third kappa shape index (κ3) is 4.30. The largest absolute Gasteiger partial charge is 0.456 e. The number of carbonyl (C=O) groups excluding carboxylic acids is 1. The van der Waals surface area contributed by atoms with Crippen LogP contribution in [-0.4, -0.2) is 23.9 Å². The molecular weight excluding hydrogens is 370 g/mol. The normalized spacial score (nSPS) is 16.6. The Labute approximate surface area is 181 Å². The highest BCUT2D eigenvalue weighted by Crippen LogP contribution is 2.46. The van der Waals surface area contributed by atoms with Gasteiger partial charge in [-0.25, -0.2) is 0 Å². The zero-order valence-corrected chi connectivity index (χ0v) is 19.2. The van der Waals surface area contributed by atoms with Gasteiger partial charge in [0.1, 0.15) is 5.76 Å². The lowest BCUT2D eigenvalue weighted by molar-refractivity contribution is 0.0757. The Morgan fingerprint density at radius 2 is 1.60 bits per heavy atom. The van der Waals surface area contributed by atoms with Crippen LogP contribution in [0.5, 0.6) is 0 Å². The van der Waals surface area contributed by atoms with Crippen molar-refractivity contribution in [2.24, 2.45) is 0 Å². The van der Waals surface area contributed by atoms with E-state index in [1.165, 1.54) is 35.1 Å². The van der Waals surface area contributed by atoms with Crippen molar-refractivity contribution in [3.8, 4) is 0 Å². The molecule has 0 bridgehead atoms. The maximum atomic E-state index is 12.7. The van der Waals surface area contributed by atoms with Gasteiger partial charge in [0.2, 0.25) is 0 Å². The summed E-state index contributed by atoms with van der Waals surface area (Å²) in [6, 6.07) is 8.44. The molecule has 3 nitrogen and oxygen atoms in total. The van der Waals surface area contributed by atoms with Crippen LogP contribution in [0.15, 0.2) is 54.0 Å². The summed E-state index contributed by atoms with van der Waals surface area (Å²) < 4.78 is 5.96. The monoisotopic (exact) mass is 405 g/mol. The Hall–Kier alpha value is -2.55. The van der Waals surface area contributed by atoms with Crippen molar-refractivity contribution in [2.75, 3.05) is 13.1 Å². The molecule has 1 aliphatic rings. The Morgan fingerprint density at radius 3 is 2.17 bits per heavy atom. The van der Waals surface area contributed by atoms with Crippen LogP contribution in [0.3, 0.4) is 0 Å². The number of benzene rings is 1. The van der Waals surface area contributed by atoms with Gasteiger partial charge in [0.15, 0.2) is 5.76 Å². The number of nitrogens with zero attached hydrogens (tertiary/aromatic N) is 1. The van der Waals surface area contributed by atoms with Crippen molar-refractivity contribution < 1.29 is 9.21 Å². The van der Waals surface area contributed by atoms with Gasteiger partial charge in [0.25, 0.3) is 5.91 Å². The Bertz CT molecular complexity index is 951. The molecule has 1 aromatic carbocycles. The molecule has 2 aromatic rings. The highest BCUT2D eigenvalue weighted by Gasteiger charge is 2.37. The van der Waals surface area contributed by atoms with E-state index in [1.54, 1.807) is 23.1 Å². The first-order valence-electron chi connectivity index (χ1n) is 10.8. The summed E-state index contributed by atoms with van der Waals surface area (Å²) >= 11 is 0. The minimum absolute atomic E-state index is 0.133. The number of rotatable bonds is 7. The lowest BCUT2D eigenvalue weighted by Crippen LogP contribution is -2.34. The molecule has 0 radical (unpaired) electrons. The second kappa shape index (κ2) is 8.29. The van der Waals surface area contributed by atoms with Gasteiger partial charge < -0.3 is 9.32 Å². The molecule has 0 aliphatic heterocycles. The predicted octanol–water partition coefficient (Wildman–Crippen LogP) is 6.34. The van der Waals surface area contributed by atoms with E-state index in [9.17, 15) is 4.79 Å². The van der Waals surface area contributed by atoms with Crippen LogP contribution in [-0.2, 0) is 17.3 Å². The third-order valence-corrected chi connectivity index (χ3v) is 6.53. The van der Waals surface area contributed by atoms with Crippen molar-refractivity contribution in [2.45, 2.75) is 64.7 Å². The van der Waals surface area contributed by atoms with Gasteiger partial charge in [0, 0.05) is 19.5 Å². The molecule has 0 fully saturated rings. The summed E-state index contributed by atoms with van der Waals surface area (Å²) in [4.78, 5) is 14.4. The SMILES string of the molecule is C=CCN(CC=C)C(=O)c1ccc(Cc2cc3c(cc2C)C(C)(C)CCC3(C)C)o1. The van der Waals surface area contributed by atoms with E-state index < -0.39 is 0 Å².